The normalized spacial score (nSPS) is 23.8. The van der Waals surface area contributed by atoms with Crippen LogP contribution in [-0.4, -0.2) is 17.6 Å². The minimum Gasteiger partial charge on any atom is -0.480 e. The van der Waals surface area contributed by atoms with Crippen LogP contribution in [-0.2, 0) is 4.79 Å². The highest BCUT2D eigenvalue weighted by atomic mass is 16.4. The number of nitrogens with two attached hydrogens (primary N) is 1. The SMILES string of the molecule is NC1CC(NCC(=O)O)c2ccccc21. The maximum Gasteiger partial charge on any atom is 0.317 e. The molecular formula is C11H14N2O2. The molecule has 0 amide bonds. The minimum atomic E-state index is -0.840. The molecule has 1 aliphatic rings. The van der Waals surface area contributed by atoms with Gasteiger partial charge in [0.15, 0.2) is 0 Å². The highest BCUT2D eigenvalue weighted by Gasteiger charge is 2.27. The molecule has 15 heavy (non-hydrogen) atoms. The molecule has 0 aromatic heterocycles. The lowest BCUT2D eigenvalue weighted by Crippen LogP contribution is -2.26. The molecule has 0 heterocycles. The monoisotopic (exact) mass is 206 g/mol. The summed E-state index contributed by atoms with van der Waals surface area (Å²) in [6.07, 6.45) is 0.770. The van der Waals surface area contributed by atoms with Crippen molar-refractivity contribution in [3.8, 4) is 0 Å². The number of nitrogens with one attached hydrogen (secondary N) is 1. The third kappa shape index (κ3) is 2.00. The highest BCUT2D eigenvalue weighted by Crippen LogP contribution is 2.36. The summed E-state index contributed by atoms with van der Waals surface area (Å²) < 4.78 is 0. The number of fused-ring (bicyclic) bond motifs is 1. The van der Waals surface area contributed by atoms with Gasteiger partial charge in [0.05, 0.1) is 6.54 Å². The van der Waals surface area contributed by atoms with Gasteiger partial charge in [-0.3, -0.25) is 10.1 Å². The summed E-state index contributed by atoms with van der Waals surface area (Å²) in [5.74, 6) is -0.840. The van der Waals surface area contributed by atoms with Gasteiger partial charge in [0, 0.05) is 12.1 Å². The highest BCUT2D eigenvalue weighted by molar-refractivity contribution is 5.69. The fraction of sp³-hybridized carbons (Fsp3) is 0.364. The van der Waals surface area contributed by atoms with Gasteiger partial charge in [0.25, 0.3) is 0 Å². The first kappa shape index (κ1) is 10.1. The molecule has 0 bridgehead atoms. The minimum absolute atomic E-state index is 0.0208. The van der Waals surface area contributed by atoms with Gasteiger partial charge < -0.3 is 10.8 Å². The van der Waals surface area contributed by atoms with Gasteiger partial charge in [-0.2, -0.15) is 0 Å². The fourth-order valence-corrected chi connectivity index (χ4v) is 2.08. The lowest BCUT2D eigenvalue weighted by Gasteiger charge is -2.11. The molecule has 1 aromatic rings. The van der Waals surface area contributed by atoms with Crippen molar-refractivity contribution in [2.75, 3.05) is 6.54 Å². The van der Waals surface area contributed by atoms with Gasteiger partial charge in [-0.1, -0.05) is 24.3 Å². The quantitative estimate of drug-likeness (QED) is 0.684. The summed E-state index contributed by atoms with van der Waals surface area (Å²) in [5.41, 5.74) is 8.21. The molecule has 0 fully saturated rings. The van der Waals surface area contributed by atoms with E-state index >= 15 is 0 Å². The number of carbonyl (C=O) groups is 1. The Kier molecular flexibility index (Phi) is 2.70. The molecule has 1 aromatic carbocycles. The lowest BCUT2D eigenvalue weighted by molar-refractivity contribution is -0.136. The number of hydrogen-bond donors (Lipinski definition) is 3. The summed E-state index contributed by atoms with van der Waals surface area (Å²) in [5, 5.41) is 11.6. The molecule has 0 radical (unpaired) electrons. The van der Waals surface area contributed by atoms with Gasteiger partial charge in [-0.05, 0) is 17.5 Å². The fourth-order valence-electron chi connectivity index (χ4n) is 2.08. The molecule has 2 unspecified atom stereocenters. The average Bonchev–Trinajstić information content (AvgIpc) is 2.54. The third-order valence-corrected chi connectivity index (χ3v) is 2.76. The Balaban J connectivity index is 2.14. The van der Waals surface area contributed by atoms with Crippen LogP contribution < -0.4 is 11.1 Å². The number of aliphatic carboxylic acids is 1. The summed E-state index contributed by atoms with van der Waals surface area (Å²) in [6, 6.07) is 8.01. The van der Waals surface area contributed by atoms with Gasteiger partial charge in [0.1, 0.15) is 0 Å². The van der Waals surface area contributed by atoms with E-state index in [0.29, 0.717) is 0 Å². The Hall–Kier alpha value is -1.39. The molecule has 0 saturated heterocycles. The first-order valence-corrected chi connectivity index (χ1v) is 4.98. The van der Waals surface area contributed by atoms with Crippen LogP contribution in [0.1, 0.15) is 29.6 Å². The van der Waals surface area contributed by atoms with E-state index in [0.717, 1.165) is 17.5 Å². The zero-order valence-corrected chi connectivity index (χ0v) is 8.31. The average molecular weight is 206 g/mol. The van der Waals surface area contributed by atoms with Crippen molar-refractivity contribution in [3.05, 3.63) is 35.4 Å². The molecule has 2 rings (SSSR count). The van der Waals surface area contributed by atoms with Crippen LogP contribution in [0, 0.1) is 0 Å². The molecule has 80 valence electrons. The predicted molar refractivity (Wildman–Crippen MR) is 56.4 cm³/mol. The van der Waals surface area contributed by atoms with Crippen LogP contribution >= 0.6 is 0 Å². The zero-order chi connectivity index (χ0) is 10.8. The first-order chi connectivity index (χ1) is 7.18. The number of benzene rings is 1. The number of carboxylic acid groups (broad SMARTS) is 1. The standard InChI is InChI=1S/C11H14N2O2/c12-9-5-10(13-6-11(14)15)8-4-2-1-3-7(8)9/h1-4,9-10,13H,5-6,12H2,(H,14,15). The van der Waals surface area contributed by atoms with Gasteiger partial charge in [0.2, 0.25) is 0 Å². The van der Waals surface area contributed by atoms with Gasteiger partial charge >= 0.3 is 5.97 Å². The van der Waals surface area contributed by atoms with Gasteiger partial charge in [-0.15, -0.1) is 0 Å². The maximum atomic E-state index is 10.5. The summed E-state index contributed by atoms with van der Waals surface area (Å²) in [6.45, 7) is -0.0221. The van der Waals surface area contributed by atoms with Crippen LogP contribution in [0.3, 0.4) is 0 Å². The Bertz CT molecular complexity index is 379. The zero-order valence-electron chi connectivity index (χ0n) is 8.31. The smallest absolute Gasteiger partial charge is 0.317 e. The van der Waals surface area contributed by atoms with Crippen molar-refractivity contribution in [3.63, 3.8) is 0 Å². The molecule has 4 heteroatoms. The van der Waals surface area contributed by atoms with Crippen LogP contribution in [0.4, 0.5) is 0 Å². The molecular weight excluding hydrogens is 192 g/mol. The lowest BCUT2D eigenvalue weighted by atomic mass is 10.1. The molecule has 2 atom stereocenters. The van der Waals surface area contributed by atoms with E-state index in [1.165, 1.54) is 0 Å². The van der Waals surface area contributed by atoms with E-state index in [1.807, 2.05) is 24.3 Å². The van der Waals surface area contributed by atoms with Crippen LogP contribution in [0.5, 0.6) is 0 Å². The van der Waals surface area contributed by atoms with E-state index in [4.69, 9.17) is 10.8 Å². The maximum absolute atomic E-state index is 10.5. The van der Waals surface area contributed by atoms with Crippen LogP contribution in [0.15, 0.2) is 24.3 Å². The number of hydrogen-bond acceptors (Lipinski definition) is 3. The molecule has 4 nitrogen and oxygen atoms in total. The second kappa shape index (κ2) is 4.00. The van der Waals surface area contributed by atoms with E-state index < -0.39 is 5.97 Å². The molecule has 4 N–H and O–H groups in total. The molecule has 1 aliphatic carbocycles. The summed E-state index contributed by atoms with van der Waals surface area (Å²) >= 11 is 0. The Morgan fingerprint density at radius 3 is 2.80 bits per heavy atom. The second-order valence-corrected chi connectivity index (χ2v) is 3.80. The number of carboxylic acids is 1. The van der Waals surface area contributed by atoms with Crippen molar-refractivity contribution >= 4 is 5.97 Å². The largest absolute Gasteiger partial charge is 0.480 e. The third-order valence-electron chi connectivity index (χ3n) is 2.76. The Labute approximate surface area is 88.1 Å². The summed E-state index contributed by atoms with van der Waals surface area (Å²) in [7, 11) is 0. The van der Waals surface area contributed by atoms with Crippen molar-refractivity contribution in [1.82, 2.24) is 5.32 Å². The van der Waals surface area contributed by atoms with Crippen LogP contribution in [0.25, 0.3) is 0 Å². The van der Waals surface area contributed by atoms with Crippen molar-refractivity contribution in [2.24, 2.45) is 5.73 Å². The van der Waals surface area contributed by atoms with Crippen molar-refractivity contribution < 1.29 is 9.90 Å². The molecule has 0 aliphatic heterocycles. The van der Waals surface area contributed by atoms with E-state index in [9.17, 15) is 4.79 Å². The van der Waals surface area contributed by atoms with Crippen molar-refractivity contribution in [2.45, 2.75) is 18.5 Å². The van der Waals surface area contributed by atoms with Crippen molar-refractivity contribution in [1.29, 1.82) is 0 Å². The van der Waals surface area contributed by atoms with E-state index in [1.54, 1.807) is 0 Å². The topological polar surface area (TPSA) is 75.3 Å². The van der Waals surface area contributed by atoms with Gasteiger partial charge in [-0.25, -0.2) is 0 Å². The molecule has 0 saturated carbocycles. The van der Waals surface area contributed by atoms with E-state index in [2.05, 4.69) is 5.32 Å². The second-order valence-electron chi connectivity index (χ2n) is 3.80. The van der Waals surface area contributed by atoms with E-state index in [-0.39, 0.29) is 18.6 Å². The van der Waals surface area contributed by atoms with Crippen LogP contribution in [0.2, 0.25) is 0 Å². The Morgan fingerprint density at radius 2 is 2.13 bits per heavy atom. The summed E-state index contributed by atoms with van der Waals surface area (Å²) in [4.78, 5) is 10.5. The predicted octanol–water partition coefficient (Wildman–Crippen LogP) is 0.805. The first-order valence-electron chi connectivity index (χ1n) is 4.98. The Morgan fingerprint density at radius 1 is 1.47 bits per heavy atom. The molecule has 0 spiro atoms. The number of rotatable bonds is 3.